The van der Waals surface area contributed by atoms with Crippen molar-refractivity contribution in [3.63, 3.8) is 0 Å². The van der Waals surface area contributed by atoms with Crippen molar-refractivity contribution in [2.24, 2.45) is 0 Å². The van der Waals surface area contributed by atoms with Gasteiger partial charge in [-0.1, -0.05) is 53.7 Å². The third kappa shape index (κ3) is 6.83. The molecule has 7 nitrogen and oxygen atoms in total. The molecule has 0 saturated heterocycles. The van der Waals surface area contributed by atoms with E-state index in [1.54, 1.807) is 12.1 Å². The lowest BCUT2D eigenvalue weighted by atomic mass is 10.1. The molecule has 0 aliphatic heterocycles. The van der Waals surface area contributed by atoms with Crippen molar-refractivity contribution in [3.05, 3.63) is 65.2 Å². The molecular formula is C22H24ClN5O2S. The topological polar surface area (TPSA) is 88.9 Å². The van der Waals surface area contributed by atoms with Gasteiger partial charge in [-0.05, 0) is 50.6 Å². The number of aromatic nitrogens is 3. The van der Waals surface area contributed by atoms with Crippen LogP contribution in [0, 0.1) is 0 Å². The molecule has 0 bridgehead atoms. The Morgan fingerprint density at radius 1 is 1.03 bits per heavy atom. The number of urea groups is 1. The summed E-state index contributed by atoms with van der Waals surface area (Å²) in [5.74, 6) is 0.299. The zero-order valence-corrected chi connectivity index (χ0v) is 19.1. The second kappa shape index (κ2) is 9.98. The summed E-state index contributed by atoms with van der Waals surface area (Å²) in [6, 6.07) is 16.8. The number of hydrogen-bond acceptors (Lipinski definition) is 5. The number of carbonyl (C=O) groups excluding carboxylic acids is 2. The lowest BCUT2D eigenvalue weighted by Gasteiger charge is -2.20. The van der Waals surface area contributed by atoms with Crippen molar-refractivity contribution >= 4 is 35.3 Å². The zero-order chi connectivity index (χ0) is 22.4. The molecule has 0 aliphatic carbocycles. The number of nitrogens with one attached hydrogen (secondary N) is 2. The van der Waals surface area contributed by atoms with E-state index >= 15 is 0 Å². The van der Waals surface area contributed by atoms with Crippen LogP contribution < -0.4 is 10.6 Å². The fraction of sp³-hybridized carbons (Fsp3) is 0.273. The average molecular weight is 458 g/mol. The van der Waals surface area contributed by atoms with Crippen LogP contribution in [0.1, 0.15) is 26.3 Å². The van der Waals surface area contributed by atoms with E-state index in [0.29, 0.717) is 22.5 Å². The van der Waals surface area contributed by atoms with E-state index in [2.05, 4.69) is 20.8 Å². The van der Waals surface area contributed by atoms with Crippen molar-refractivity contribution in [1.82, 2.24) is 25.4 Å². The zero-order valence-electron chi connectivity index (χ0n) is 17.6. The molecule has 0 saturated carbocycles. The first kappa shape index (κ1) is 22.8. The molecule has 1 aromatic heterocycles. The van der Waals surface area contributed by atoms with E-state index in [1.807, 2.05) is 67.8 Å². The van der Waals surface area contributed by atoms with E-state index in [4.69, 9.17) is 11.6 Å². The maximum atomic E-state index is 12.2. The number of thioether (sulfide) groups is 1. The largest absolute Gasteiger partial charge is 0.333 e. The molecule has 3 aromatic rings. The number of rotatable bonds is 6. The highest BCUT2D eigenvalue weighted by molar-refractivity contribution is 7.99. The summed E-state index contributed by atoms with van der Waals surface area (Å²) in [7, 11) is 0. The van der Waals surface area contributed by atoms with Crippen LogP contribution in [-0.2, 0) is 11.3 Å². The second-order valence-corrected chi connectivity index (χ2v) is 9.30. The van der Waals surface area contributed by atoms with Gasteiger partial charge in [0.15, 0.2) is 11.0 Å². The lowest BCUT2D eigenvalue weighted by molar-refractivity contribution is -0.117. The maximum Gasteiger partial charge on any atom is 0.321 e. The summed E-state index contributed by atoms with van der Waals surface area (Å²) in [4.78, 5) is 24.1. The molecule has 3 rings (SSSR count). The highest BCUT2D eigenvalue weighted by Crippen LogP contribution is 2.26. The van der Waals surface area contributed by atoms with E-state index < -0.39 is 17.5 Å². The number of amides is 3. The molecule has 162 valence electrons. The van der Waals surface area contributed by atoms with Gasteiger partial charge in [-0.3, -0.25) is 14.7 Å². The van der Waals surface area contributed by atoms with Gasteiger partial charge in [-0.15, -0.1) is 10.2 Å². The molecule has 0 fully saturated rings. The van der Waals surface area contributed by atoms with Crippen LogP contribution in [0.15, 0.2) is 59.8 Å². The number of carbonyl (C=O) groups is 2. The number of nitrogens with zero attached hydrogens (tertiary/aromatic N) is 3. The summed E-state index contributed by atoms with van der Waals surface area (Å²) in [5, 5.41) is 14.9. The van der Waals surface area contributed by atoms with Gasteiger partial charge in [-0.2, -0.15) is 0 Å². The third-order valence-electron chi connectivity index (χ3n) is 4.08. The minimum atomic E-state index is -0.522. The van der Waals surface area contributed by atoms with Gasteiger partial charge >= 0.3 is 6.03 Å². The first-order chi connectivity index (χ1) is 14.7. The van der Waals surface area contributed by atoms with Gasteiger partial charge in [0.25, 0.3) is 0 Å². The van der Waals surface area contributed by atoms with Gasteiger partial charge in [-0.25, -0.2) is 4.79 Å². The monoisotopic (exact) mass is 457 g/mol. The van der Waals surface area contributed by atoms with E-state index in [0.717, 1.165) is 11.1 Å². The Bertz CT molecular complexity index is 1050. The Labute approximate surface area is 190 Å². The standard InChI is InChI=1S/C22H24ClN5O2S/c1-22(2,3)25-20(30)24-18(29)14-31-21-27-26-19(16-9-11-17(23)12-10-16)28(21)13-15-7-5-4-6-8-15/h4-12H,13-14H2,1-3H3,(H2,24,25,29,30). The first-order valence-corrected chi connectivity index (χ1v) is 11.1. The minimum absolute atomic E-state index is 0.0328. The summed E-state index contributed by atoms with van der Waals surface area (Å²) < 4.78 is 1.95. The Morgan fingerprint density at radius 2 is 1.71 bits per heavy atom. The first-order valence-electron chi connectivity index (χ1n) is 9.69. The van der Waals surface area contributed by atoms with Crippen molar-refractivity contribution in [2.75, 3.05) is 5.75 Å². The number of hydrogen-bond donors (Lipinski definition) is 2. The molecule has 3 amide bonds. The van der Waals surface area contributed by atoms with Gasteiger partial charge < -0.3 is 5.32 Å². The van der Waals surface area contributed by atoms with Crippen molar-refractivity contribution in [3.8, 4) is 11.4 Å². The lowest BCUT2D eigenvalue weighted by Crippen LogP contribution is -2.48. The summed E-state index contributed by atoms with van der Waals surface area (Å²) in [5.41, 5.74) is 1.52. The summed E-state index contributed by atoms with van der Waals surface area (Å²) >= 11 is 7.24. The Balaban J connectivity index is 1.77. The average Bonchev–Trinajstić information content (AvgIpc) is 3.08. The fourth-order valence-corrected chi connectivity index (χ4v) is 3.64. The molecule has 0 unspecified atom stereocenters. The van der Waals surface area contributed by atoms with Crippen molar-refractivity contribution < 1.29 is 9.59 Å². The van der Waals surface area contributed by atoms with Crippen LogP contribution in [0.5, 0.6) is 0 Å². The molecule has 31 heavy (non-hydrogen) atoms. The Kier molecular flexibility index (Phi) is 7.35. The fourth-order valence-electron chi connectivity index (χ4n) is 2.78. The molecular weight excluding hydrogens is 434 g/mol. The predicted octanol–water partition coefficient (Wildman–Crippen LogP) is 4.36. The number of halogens is 1. The van der Waals surface area contributed by atoms with Crippen LogP contribution in [0.3, 0.4) is 0 Å². The summed E-state index contributed by atoms with van der Waals surface area (Å²) in [6.07, 6.45) is 0. The van der Waals surface area contributed by atoms with Gasteiger partial charge in [0, 0.05) is 16.1 Å². The van der Waals surface area contributed by atoms with E-state index in [9.17, 15) is 9.59 Å². The minimum Gasteiger partial charge on any atom is -0.333 e. The molecule has 0 atom stereocenters. The summed E-state index contributed by atoms with van der Waals surface area (Å²) in [6.45, 7) is 6.07. The van der Waals surface area contributed by atoms with Gasteiger partial charge in [0.2, 0.25) is 5.91 Å². The Morgan fingerprint density at radius 3 is 2.35 bits per heavy atom. The molecule has 0 aliphatic rings. The van der Waals surface area contributed by atoms with Crippen LogP contribution >= 0.6 is 23.4 Å². The SMILES string of the molecule is CC(C)(C)NC(=O)NC(=O)CSc1nnc(-c2ccc(Cl)cc2)n1Cc1ccccc1. The molecule has 9 heteroatoms. The predicted molar refractivity (Wildman–Crippen MR) is 123 cm³/mol. The molecule has 1 heterocycles. The highest BCUT2D eigenvalue weighted by atomic mass is 35.5. The van der Waals surface area contributed by atoms with Crippen LogP contribution in [0.2, 0.25) is 5.02 Å². The normalized spacial score (nSPS) is 11.2. The Hall–Kier alpha value is -2.84. The van der Waals surface area contributed by atoms with Crippen LogP contribution in [0.4, 0.5) is 4.79 Å². The molecule has 2 aromatic carbocycles. The van der Waals surface area contributed by atoms with Crippen LogP contribution in [0.25, 0.3) is 11.4 Å². The third-order valence-corrected chi connectivity index (χ3v) is 5.30. The molecule has 0 spiro atoms. The number of imide groups is 1. The van der Waals surface area contributed by atoms with Crippen molar-refractivity contribution in [2.45, 2.75) is 38.0 Å². The van der Waals surface area contributed by atoms with Crippen LogP contribution in [-0.4, -0.2) is 38.0 Å². The molecule has 0 radical (unpaired) electrons. The smallest absolute Gasteiger partial charge is 0.321 e. The number of benzene rings is 2. The maximum absolute atomic E-state index is 12.2. The van der Waals surface area contributed by atoms with Gasteiger partial charge in [0.1, 0.15) is 0 Å². The molecule has 2 N–H and O–H groups in total. The second-order valence-electron chi connectivity index (χ2n) is 7.93. The quantitative estimate of drug-likeness (QED) is 0.537. The van der Waals surface area contributed by atoms with E-state index in [1.165, 1.54) is 11.8 Å². The van der Waals surface area contributed by atoms with Gasteiger partial charge in [0.05, 0.1) is 12.3 Å². The highest BCUT2D eigenvalue weighted by Gasteiger charge is 2.19. The van der Waals surface area contributed by atoms with Crippen molar-refractivity contribution in [1.29, 1.82) is 0 Å². The van der Waals surface area contributed by atoms with E-state index in [-0.39, 0.29) is 5.75 Å².